The number of esters is 1. The molecule has 2 aromatic carbocycles. The van der Waals surface area contributed by atoms with E-state index in [1.54, 1.807) is 23.9 Å². The van der Waals surface area contributed by atoms with Crippen molar-refractivity contribution in [2.45, 2.75) is 24.2 Å². The molecule has 0 unspecified atom stereocenters. The van der Waals surface area contributed by atoms with Gasteiger partial charge >= 0.3 is 5.97 Å². The van der Waals surface area contributed by atoms with Gasteiger partial charge < -0.3 is 24.3 Å². The smallest absolute Gasteiger partial charge is 0.306 e. The fourth-order valence-corrected chi connectivity index (χ4v) is 3.68. The minimum Gasteiger partial charge on any atom is -0.493 e. The predicted octanol–water partition coefficient (Wildman–Crippen LogP) is 3.49. The zero-order valence-corrected chi connectivity index (χ0v) is 19.0. The summed E-state index contributed by atoms with van der Waals surface area (Å²) in [6, 6.07) is 13.7. The monoisotopic (exact) mass is 447 g/mol. The van der Waals surface area contributed by atoms with Gasteiger partial charge in [-0.05, 0) is 48.4 Å². The second-order valence-electron chi connectivity index (χ2n) is 6.56. The Morgan fingerprint density at radius 3 is 2.26 bits per heavy atom. The Hall–Kier alpha value is -2.87. The van der Waals surface area contributed by atoms with Crippen LogP contribution in [0.2, 0.25) is 0 Å². The van der Waals surface area contributed by atoms with Gasteiger partial charge in [0.15, 0.2) is 18.1 Å². The van der Waals surface area contributed by atoms with Gasteiger partial charge in [0.25, 0.3) is 5.91 Å². The molecule has 0 saturated heterocycles. The number of amides is 1. The van der Waals surface area contributed by atoms with Gasteiger partial charge in [0.05, 0.1) is 21.3 Å². The van der Waals surface area contributed by atoms with Crippen LogP contribution in [0.1, 0.15) is 18.4 Å². The molecule has 168 valence electrons. The fourth-order valence-electron chi connectivity index (χ4n) is 2.80. The maximum atomic E-state index is 12.0. The largest absolute Gasteiger partial charge is 0.493 e. The molecule has 0 aliphatic heterocycles. The summed E-state index contributed by atoms with van der Waals surface area (Å²) in [5, 5.41) is 2.76. The predicted molar refractivity (Wildman–Crippen MR) is 120 cm³/mol. The van der Waals surface area contributed by atoms with E-state index >= 15 is 0 Å². The number of carbonyl (C=O) groups excluding carboxylic acids is 2. The lowest BCUT2D eigenvalue weighted by Crippen LogP contribution is -2.29. The first kappa shape index (κ1) is 24.4. The fraction of sp³-hybridized carbons (Fsp3) is 0.391. The number of nitrogens with one attached hydrogen (secondary N) is 1. The Bertz CT molecular complexity index is 818. The third-order valence-corrected chi connectivity index (χ3v) is 5.46. The van der Waals surface area contributed by atoms with E-state index < -0.39 is 5.97 Å². The summed E-state index contributed by atoms with van der Waals surface area (Å²) in [7, 11) is 4.60. The number of hydrogen-bond acceptors (Lipinski definition) is 7. The highest BCUT2D eigenvalue weighted by Gasteiger charge is 2.14. The average Bonchev–Trinajstić information content (AvgIpc) is 2.80. The van der Waals surface area contributed by atoms with Gasteiger partial charge in [-0.2, -0.15) is 0 Å². The van der Waals surface area contributed by atoms with Gasteiger partial charge in [-0.1, -0.05) is 18.2 Å². The Labute approximate surface area is 187 Å². The maximum absolute atomic E-state index is 12.0. The van der Waals surface area contributed by atoms with Crippen molar-refractivity contribution < 1.29 is 28.5 Å². The minimum absolute atomic E-state index is 0.139. The van der Waals surface area contributed by atoms with Gasteiger partial charge in [-0.15, -0.1) is 11.8 Å². The highest BCUT2D eigenvalue weighted by molar-refractivity contribution is 7.99. The minimum atomic E-state index is -0.441. The van der Waals surface area contributed by atoms with Crippen molar-refractivity contribution in [2.24, 2.45) is 0 Å². The number of rotatable bonds is 13. The first-order chi connectivity index (χ1) is 15.1. The van der Waals surface area contributed by atoms with Crippen LogP contribution in [0.25, 0.3) is 0 Å². The summed E-state index contributed by atoms with van der Waals surface area (Å²) in [5.74, 6) is 1.70. The average molecular weight is 448 g/mol. The number of benzene rings is 2. The van der Waals surface area contributed by atoms with Crippen molar-refractivity contribution in [2.75, 3.05) is 40.2 Å². The zero-order valence-electron chi connectivity index (χ0n) is 18.1. The zero-order chi connectivity index (χ0) is 22.5. The van der Waals surface area contributed by atoms with Gasteiger partial charge in [0, 0.05) is 17.9 Å². The molecular formula is C23H29NO6S. The number of carbonyl (C=O) groups is 2. The van der Waals surface area contributed by atoms with Crippen LogP contribution in [0.4, 0.5) is 0 Å². The molecular weight excluding hydrogens is 418 g/mol. The van der Waals surface area contributed by atoms with Crippen LogP contribution in [0, 0.1) is 0 Å². The number of methoxy groups -OCH3 is 3. The van der Waals surface area contributed by atoms with E-state index in [2.05, 4.69) is 17.4 Å². The Morgan fingerprint density at radius 2 is 1.65 bits per heavy atom. The normalized spacial score (nSPS) is 10.3. The summed E-state index contributed by atoms with van der Waals surface area (Å²) < 4.78 is 21.0. The van der Waals surface area contributed by atoms with Gasteiger partial charge in [0.1, 0.15) is 0 Å². The van der Waals surface area contributed by atoms with Crippen LogP contribution in [0.15, 0.2) is 47.4 Å². The Morgan fingerprint density at radius 1 is 0.968 bits per heavy atom. The van der Waals surface area contributed by atoms with Crippen LogP contribution in [-0.4, -0.2) is 52.1 Å². The molecule has 0 radical (unpaired) electrons. The molecule has 0 spiro atoms. The quantitative estimate of drug-likeness (QED) is 0.286. The van der Waals surface area contributed by atoms with Gasteiger partial charge in [0.2, 0.25) is 5.75 Å². The SMILES string of the molecule is COc1cc(CCC(=O)OCC(=O)NCCCSc2ccccc2)cc(OC)c1OC. The molecule has 0 aromatic heterocycles. The van der Waals surface area contributed by atoms with E-state index in [9.17, 15) is 9.59 Å². The molecule has 1 amide bonds. The van der Waals surface area contributed by atoms with E-state index in [0.29, 0.717) is 30.2 Å². The summed E-state index contributed by atoms with van der Waals surface area (Å²) in [5.41, 5.74) is 0.840. The van der Waals surface area contributed by atoms with E-state index in [0.717, 1.165) is 17.7 Å². The number of hydrogen-bond donors (Lipinski definition) is 1. The molecule has 0 heterocycles. The second-order valence-corrected chi connectivity index (χ2v) is 7.73. The number of aryl methyl sites for hydroxylation is 1. The lowest BCUT2D eigenvalue weighted by atomic mass is 10.1. The first-order valence-corrected chi connectivity index (χ1v) is 10.9. The van der Waals surface area contributed by atoms with Crippen molar-refractivity contribution in [1.82, 2.24) is 5.32 Å². The van der Waals surface area contributed by atoms with E-state index in [1.807, 2.05) is 18.2 Å². The second kappa shape index (κ2) is 13.4. The summed E-state index contributed by atoms with van der Waals surface area (Å²) in [6.45, 7) is 0.265. The summed E-state index contributed by atoms with van der Waals surface area (Å²) >= 11 is 1.74. The van der Waals surface area contributed by atoms with Gasteiger partial charge in [-0.25, -0.2) is 0 Å². The topological polar surface area (TPSA) is 83.1 Å². The van der Waals surface area contributed by atoms with Crippen LogP contribution < -0.4 is 19.5 Å². The van der Waals surface area contributed by atoms with Crippen LogP contribution >= 0.6 is 11.8 Å². The van der Waals surface area contributed by atoms with E-state index in [4.69, 9.17) is 18.9 Å². The van der Waals surface area contributed by atoms with E-state index in [1.165, 1.54) is 26.2 Å². The molecule has 2 aromatic rings. The van der Waals surface area contributed by atoms with Crippen LogP contribution in [0.3, 0.4) is 0 Å². The highest BCUT2D eigenvalue weighted by Crippen LogP contribution is 2.38. The van der Waals surface area contributed by atoms with Gasteiger partial charge in [-0.3, -0.25) is 9.59 Å². The summed E-state index contributed by atoms with van der Waals surface area (Å²) in [4.78, 5) is 25.0. The van der Waals surface area contributed by atoms with Crippen molar-refractivity contribution in [1.29, 1.82) is 0 Å². The summed E-state index contributed by atoms with van der Waals surface area (Å²) in [6.07, 6.45) is 1.40. The standard InChI is InChI=1S/C23H29NO6S/c1-27-19-14-17(15-20(28-2)23(19)29-3)10-11-22(26)30-16-21(25)24-12-7-13-31-18-8-5-4-6-9-18/h4-6,8-9,14-15H,7,10-13,16H2,1-3H3,(H,24,25). The number of ether oxygens (including phenoxy) is 4. The van der Waals surface area contributed by atoms with Crippen LogP contribution in [-0.2, 0) is 20.7 Å². The molecule has 0 fully saturated rings. The molecule has 0 aliphatic rings. The third kappa shape index (κ3) is 8.41. The first-order valence-electron chi connectivity index (χ1n) is 9.96. The Kier molecular flexibility index (Phi) is 10.6. The molecule has 2 rings (SSSR count). The molecule has 0 saturated carbocycles. The van der Waals surface area contributed by atoms with Crippen molar-refractivity contribution in [3.8, 4) is 17.2 Å². The molecule has 31 heavy (non-hydrogen) atoms. The molecule has 7 nitrogen and oxygen atoms in total. The molecule has 0 bridgehead atoms. The van der Waals surface area contributed by atoms with Crippen molar-refractivity contribution in [3.05, 3.63) is 48.0 Å². The van der Waals surface area contributed by atoms with Crippen molar-refractivity contribution in [3.63, 3.8) is 0 Å². The van der Waals surface area contributed by atoms with Crippen molar-refractivity contribution >= 4 is 23.6 Å². The lowest BCUT2D eigenvalue weighted by molar-refractivity contribution is -0.148. The molecule has 1 N–H and O–H groups in total. The molecule has 0 aliphatic carbocycles. The third-order valence-electron chi connectivity index (χ3n) is 4.36. The molecule has 8 heteroatoms. The maximum Gasteiger partial charge on any atom is 0.306 e. The molecule has 0 atom stereocenters. The lowest BCUT2D eigenvalue weighted by Gasteiger charge is -2.14. The Balaban J connectivity index is 1.65. The number of thioether (sulfide) groups is 1. The highest BCUT2D eigenvalue weighted by atomic mass is 32.2. The van der Waals surface area contributed by atoms with E-state index in [-0.39, 0.29) is 18.9 Å². The van der Waals surface area contributed by atoms with Crippen LogP contribution in [0.5, 0.6) is 17.2 Å².